The van der Waals surface area contributed by atoms with Gasteiger partial charge in [0.25, 0.3) is 0 Å². The van der Waals surface area contributed by atoms with E-state index in [2.05, 4.69) is 43.9 Å². The van der Waals surface area contributed by atoms with Gasteiger partial charge in [-0.25, -0.2) is 0 Å². The third-order valence-corrected chi connectivity index (χ3v) is 8.41. The lowest BCUT2D eigenvalue weighted by Gasteiger charge is -2.36. The first-order valence-electron chi connectivity index (χ1n) is 5.93. The van der Waals surface area contributed by atoms with Gasteiger partial charge in [0.1, 0.15) is 0 Å². The van der Waals surface area contributed by atoms with Gasteiger partial charge in [-0.15, -0.1) is 0 Å². The van der Waals surface area contributed by atoms with Crippen LogP contribution in [0.5, 0.6) is 0 Å². The quantitative estimate of drug-likeness (QED) is 0.311. The van der Waals surface area contributed by atoms with Gasteiger partial charge in [0, 0.05) is 18.1 Å². The Balaban J connectivity index is 2.29. The highest BCUT2D eigenvalue weighted by atomic mass is 28.4. The molecule has 92 valence electrons. The monoisotopic (exact) mass is 241 g/mol. The topological polar surface area (TPSA) is 58.0 Å². The Hall–Kier alpha value is -0.513. The second-order valence-corrected chi connectivity index (χ2v) is 11.0. The molecule has 1 aliphatic carbocycles. The van der Waals surface area contributed by atoms with Gasteiger partial charge in [-0.2, -0.15) is 0 Å². The number of azide groups is 1. The van der Waals surface area contributed by atoms with Crippen LogP contribution in [0.3, 0.4) is 0 Å². The molecule has 0 aromatic heterocycles. The minimum Gasteiger partial charge on any atom is -0.417 e. The standard InChI is InChI=1S/C11H23N3OSi/c1-11(2,3)16(4,5)15-8-10-6-9(10)7-13-14-12/h9-10H,6-8H2,1-5H3. The van der Waals surface area contributed by atoms with Crippen LogP contribution in [0.2, 0.25) is 18.1 Å². The van der Waals surface area contributed by atoms with Gasteiger partial charge < -0.3 is 4.43 Å². The average Bonchev–Trinajstić information content (AvgIpc) is 2.88. The lowest BCUT2D eigenvalue weighted by molar-refractivity contribution is 0.266. The zero-order chi connectivity index (χ0) is 12.4. The predicted octanol–water partition coefficient (Wildman–Crippen LogP) is 3.95. The molecule has 2 unspecified atom stereocenters. The predicted molar refractivity (Wildman–Crippen MR) is 68.8 cm³/mol. The van der Waals surface area contributed by atoms with Crippen molar-refractivity contribution >= 4 is 8.32 Å². The highest BCUT2D eigenvalue weighted by Crippen LogP contribution is 2.42. The molecule has 1 rings (SSSR count). The van der Waals surface area contributed by atoms with Crippen LogP contribution in [-0.2, 0) is 4.43 Å². The molecule has 0 radical (unpaired) electrons. The Morgan fingerprint density at radius 1 is 1.38 bits per heavy atom. The van der Waals surface area contributed by atoms with Crippen molar-refractivity contribution < 1.29 is 4.43 Å². The maximum atomic E-state index is 8.23. The summed E-state index contributed by atoms with van der Waals surface area (Å²) in [4.78, 5) is 2.79. The van der Waals surface area contributed by atoms with Crippen molar-refractivity contribution in [3.05, 3.63) is 10.4 Å². The minimum atomic E-state index is -1.59. The maximum absolute atomic E-state index is 8.23. The van der Waals surface area contributed by atoms with Crippen molar-refractivity contribution in [2.45, 2.75) is 45.3 Å². The second-order valence-electron chi connectivity index (χ2n) is 6.24. The highest BCUT2D eigenvalue weighted by molar-refractivity contribution is 6.74. The summed E-state index contributed by atoms with van der Waals surface area (Å²) in [5.41, 5.74) is 8.23. The fraction of sp³-hybridized carbons (Fsp3) is 1.00. The zero-order valence-electron chi connectivity index (χ0n) is 11.0. The summed E-state index contributed by atoms with van der Waals surface area (Å²) >= 11 is 0. The van der Waals surface area contributed by atoms with Gasteiger partial charge >= 0.3 is 0 Å². The highest BCUT2D eigenvalue weighted by Gasteiger charge is 2.41. The molecule has 0 aromatic rings. The fourth-order valence-corrected chi connectivity index (χ4v) is 2.48. The van der Waals surface area contributed by atoms with E-state index < -0.39 is 8.32 Å². The first-order valence-corrected chi connectivity index (χ1v) is 8.83. The fourth-order valence-electron chi connectivity index (χ4n) is 1.41. The van der Waals surface area contributed by atoms with Gasteiger partial charge in [-0.1, -0.05) is 25.9 Å². The SMILES string of the molecule is CC(C)(C)[Si](C)(C)OCC1CC1CN=[N+]=[N-]. The minimum absolute atomic E-state index is 0.280. The summed E-state index contributed by atoms with van der Waals surface area (Å²) in [5, 5.41) is 3.89. The van der Waals surface area contributed by atoms with Crippen LogP contribution in [0.25, 0.3) is 10.4 Å². The lowest BCUT2D eigenvalue weighted by atomic mass is 10.2. The van der Waals surface area contributed by atoms with E-state index in [4.69, 9.17) is 9.96 Å². The van der Waals surface area contributed by atoms with Gasteiger partial charge in [-0.05, 0) is 41.9 Å². The largest absolute Gasteiger partial charge is 0.417 e. The molecule has 1 fully saturated rings. The van der Waals surface area contributed by atoms with E-state index in [0.717, 1.165) is 13.0 Å². The Morgan fingerprint density at radius 3 is 2.50 bits per heavy atom. The molecule has 0 bridgehead atoms. The van der Waals surface area contributed by atoms with Crippen LogP contribution in [0.15, 0.2) is 5.11 Å². The third kappa shape index (κ3) is 3.51. The molecule has 0 amide bonds. The third-order valence-electron chi connectivity index (χ3n) is 3.91. The van der Waals surface area contributed by atoms with E-state index in [-0.39, 0.29) is 5.04 Å². The summed E-state index contributed by atoms with van der Waals surface area (Å²) in [6.45, 7) is 12.8. The molecule has 16 heavy (non-hydrogen) atoms. The molecule has 0 aromatic carbocycles. The summed E-state index contributed by atoms with van der Waals surface area (Å²) in [7, 11) is -1.59. The van der Waals surface area contributed by atoms with E-state index in [1.54, 1.807) is 0 Å². The molecule has 2 atom stereocenters. The normalized spacial score (nSPS) is 25.1. The zero-order valence-corrected chi connectivity index (χ0v) is 12.0. The molecular formula is C11H23N3OSi. The summed E-state index contributed by atoms with van der Waals surface area (Å²) in [6.07, 6.45) is 1.16. The van der Waals surface area contributed by atoms with Crippen molar-refractivity contribution in [3.63, 3.8) is 0 Å². The summed E-state index contributed by atoms with van der Waals surface area (Å²) < 4.78 is 6.13. The Kier molecular flexibility index (Phi) is 4.05. The Bertz CT molecular complexity index is 292. The molecule has 4 nitrogen and oxygen atoms in total. The molecule has 1 aliphatic rings. The second kappa shape index (κ2) is 4.78. The molecule has 5 heteroatoms. The van der Waals surface area contributed by atoms with Gasteiger partial charge in [0.15, 0.2) is 8.32 Å². The van der Waals surface area contributed by atoms with Crippen molar-refractivity contribution in [1.82, 2.24) is 0 Å². The van der Waals surface area contributed by atoms with Crippen molar-refractivity contribution in [1.29, 1.82) is 0 Å². The number of hydrogen-bond acceptors (Lipinski definition) is 2. The molecule has 0 heterocycles. The van der Waals surface area contributed by atoms with Crippen LogP contribution in [-0.4, -0.2) is 21.5 Å². The molecule has 0 spiro atoms. The van der Waals surface area contributed by atoms with Gasteiger partial charge in [0.2, 0.25) is 0 Å². The molecule has 1 saturated carbocycles. The van der Waals surface area contributed by atoms with Crippen molar-refractivity contribution in [2.24, 2.45) is 17.0 Å². The summed E-state index contributed by atoms with van der Waals surface area (Å²) in [5.74, 6) is 1.19. The van der Waals surface area contributed by atoms with E-state index in [0.29, 0.717) is 18.4 Å². The van der Waals surface area contributed by atoms with Gasteiger partial charge in [-0.3, -0.25) is 0 Å². The smallest absolute Gasteiger partial charge is 0.191 e. The number of nitrogens with zero attached hydrogens (tertiary/aromatic N) is 3. The number of hydrogen-bond donors (Lipinski definition) is 0. The van der Waals surface area contributed by atoms with Crippen molar-refractivity contribution in [2.75, 3.05) is 13.2 Å². The summed E-state index contributed by atoms with van der Waals surface area (Å²) in [6, 6.07) is 0. The van der Waals surface area contributed by atoms with Crippen LogP contribution >= 0.6 is 0 Å². The van der Waals surface area contributed by atoms with E-state index >= 15 is 0 Å². The van der Waals surface area contributed by atoms with Crippen LogP contribution < -0.4 is 0 Å². The maximum Gasteiger partial charge on any atom is 0.191 e. The van der Waals surface area contributed by atoms with E-state index in [1.165, 1.54) is 0 Å². The Labute approximate surface area is 99.1 Å². The van der Waals surface area contributed by atoms with E-state index in [9.17, 15) is 0 Å². The van der Waals surface area contributed by atoms with Gasteiger partial charge in [0.05, 0.1) is 0 Å². The van der Waals surface area contributed by atoms with Crippen LogP contribution in [0, 0.1) is 11.8 Å². The first-order chi connectivity index (χ1) is 7.28. The van der Waals surface area contributed by atoms with Crippen LogP contribution in [0.1, 0.15) is 27.2 Å². The van der Waals surface area contributed by atoms with E-state index in [1.807, 2.05) is 0 Å². The first kappa shape index (κ1) is 13.6. The van der Waals surface area contributed by atoms with Crippen molar-refractivity contribution in [3.8, 4) is 0 Å². The Morgan fingerprint density at radius 2 is 2.00 bits per heavy atom. The molecule has 0 aliphatic heterocycles. The lowest BCUT2D eigenvalue weighted by Crippen LogP contribution is -2.41. The van der Waals surface area contributed by atoms with Crippen LogP contribution in [0.4, 0.5) is 0 Å². The molecular weight excluding hydrogens is 218 g/mol. The molecule has 0 N–H and O–H groups in total. The average molecular weight is 241 g/mol. The molecule has 0 saturated heterocycles. The number of rotatable bonds is 5.